The fraction of sp³-hybridized carbons (Fsp3) is 0.407. The molecule has 0 radical (unpaired) electrons. The van der Waals surface area contributed by atoms with Crippen LogP contribution in [0.5, 0.6) is 0 Å². The third kappa shape index (κ3) is 5.59. The monoisotopic (exact) mass is 496 g/mol. The van der Waals surface area contributed by atoms with Crippen molar-refractivity contribution in [1.29, 1.82) is 0 Å². The molecule has 7 heteroatoms. The summed E-state index contributed by atoms with van der Waals surface area (Å²) in [6.07, 6.45) is 0.700. The smallest absolute Gasteiger partial charge is 0.358 e. The average Bonchev–Trinajstić information content (AvgIpc) is 3.23. The lowest BCUT2D eigenvalue weighted by atomic mass is 10.1. The normalized spacial score (nSPS) is 12.9. The van der Waals surface area contributed by atoms with Crippen molar-refractivity contribution in [2.75, 3.05) is 25.6 Å². The number of anilines is 1. The SMILES string of the molecule is CCOC(=O)c1nc(NC)sc1C[C@H](C)CO[Si](c1ccccc1)(c1ccccc1)C(C)(C)C. The Labute approximate surface area is 208 Å². The third-order valence-electron chi connectivity index (χ3n) is 5.92. The lowest BCUT2D eigenvalue weighted by Gasteiger charge is -2.43. The van der Waals surface area contributed by atoms with Gasteiger partial charge in [0.15, 0.2) is 10.8 Å². The van der Waals surface area contributed by atoms with E-state index in [-0.39, 0.29) is 16.9 Å². The highest BCUT2D eigenvalue weighted by Gasteiger charge is 2.50. The number of ether oxygens (including phenoxy) is 1. The minimum atomic E-state index is -2.60. The van der Waals surface area contributed by atoms with Gasteiger partial charge in [0.2, 0.25) is 0 Å². The molecule has 1 aromatic heterocycles. The Bertz CT molecular complexity index is 1020. The van der Waals surface area contributed by atoms with E-state index in [1.807, 2.05) is 14.0 Å². The molecule has 0 amide bonds. The van der Waals surface area contributed by atoms with Gasteiger partial charge in [0.25, 0.3) is 8.32 Å². The summed E-state index contributed by atoms with van der Waals surface area (Å²) in [6.45, 7) is 11.7. The van der Waals surface area contributed by atoms with Gasteiger partial charge in [-0.25, -0.2) is 9.78 Å². The number of thiazole rings is 1. The molecule has 0 fully saturated rings. The number of nitrogens with zero attached hydrogens (tertiary/aromatic N) is 1. The summed E-state index contributed by atoms with van der Waals surface area (Å²) in [6, 6.07) is 21.3. The molecule has 5 nitrogen and oxygen atoms in total. The quantitative estimate of drug-likeness (QED) is 0.312. The number of hydrogen-bond donors (Lipinski definition) is 1. The first-order valence-electron chi connectivity index (χ1n) is 11.8. The lowest BCUT2D eigenvalue weighted by Crippen LogP contribution is -2.66. The van der Waals surface area contributed by atoms with Gasteiger partial charge >= 0.3 is 5.97 Å². The number of benzene rings is 2. The highest BCUT2D eigenvalue weighted by molar-refractivity contribution is 7.15. The van der Waals surface area contributed by atoms with Crippen LogP contribution in [0, 0.1) is 5.92 Å². The van der Waals surface area contributed by atoms with Crippen molar-refractivity contribution in [3.63, 3.8) is 0 Å². The summed E-state index contributed by atoms with van der Waals surface area (Å²) in [5.41, 5.74) is 0.411. The van der Waals surface area contributed by atoms with Gasteiger partial charge in [0, 0.05) is 18.5 Å². The van der Waals surface area contributed by atoms with E-state index in [0.29, 0.717) is 25.3 Å². The number of hydrogen-bond acceptors (Lipinski definition) is 6. The second kappa shape index (κ2) is 11.3. The highest BCUT2D eigenvalue weighted by atomic mass is 32.1. The van der Waals surface area contributed by atoms with Crippen LogP contribution in [0.3, 0.4) is 0 Å². The zero-order valence-corrected chi connectivity index (χ0v) is 22.9. The van der Waals surface area contributed by atoms with Crippen molar-refractivity contribution in [2.24, 2.45) is 5.92 Å². The van der Waals surface area contributed by atoms with Crippen LogP contribution < -0.4 is 15.7 Å². The molecule has 0 aliphatic heterocycles. The molecule has 0 aliphatic carbocycles. The van der Waals surface area contributed by atoms with Crippen molar-refractivity contribution in [3.05, 3.63) is 71.2 Å². The van der Waals surface area contributed by atoms with Gasteiger partial charge in [-0.15, -0.1) is 11.3 Å². The number of aromatic nitrogens is 1. The molecule has 3 aromatic rings. The molecule has 0 saturated carbocycles. The number of esters is 1. The molecule has 0 unspecified atom stereocenters. The van der Waals surface area contributed by atoms with Crippen molar-refractivity contribution < 1.29 is 14.0 Å². The van der Waals surface area contributed by atoms with Gasteiger partial charge in [-0.1, -0.05) is 88.4 Å². The lowest BCUT2D eigenvalue weighted by molar-refractivity contribution is 0.0519. The van der Waals surface area contributed by atoms with Gasteiger partial charge in [-0.05, 0) is 34.7 Å². The molecular formula is C27H36N2O3SSi. The van der Waals surface area contributed by atoms with Crippen LogP contribution in [0.25, 0.3) is 0 Å². The van der Waals surface area contributed by atoms with Crippen molar-refractivity contribution in [3.8, 4) is 0 Å². The number of carbonyl (C=O) groups is 1. The van der Waals surface area contributed by atoms with Crippen LogP contribution in [0.2, 0.25) is 5.04 Å². The summed E-state index contributed by atoms with van der Waals surface area (Å²) >= 11 is 1.51. The molecule has 0 spiro atoms. The fourth-order valence-electron chi connectivity index (χ4n) is 4.36. The predicted molar refractivity (Wildman–Crippen MR) is 144 cm³/mol. The zero-order valence-electron chi connectivity index (χ0n) is 21.1. The van der Waals surface area contributed by atoms with Gasteiger partial charge in [0.05, 0.1) is 6.61 Å². The molecule has 34 heavy (non-hydrogen) atoms. The van der Waals surface area contributed by atoms with Crippen LogP contribution in [-0.2, 0) is 15.6 Å². The second-order valence-corrected chi connectivity index (χ2v) is 14.9. The van der Waals surface area contributed by atoms with E-state index in [0.717, 1.165) is 10.0 Å². The number of carbonyl (C=O) groups excluding carboxylic acids is 1. The topological polar surface area (TPSA) is 60.5 Å². The summed E-state index contributed by atoms with van der Waals surface area (Å²) in [5, 5.41) is 6.23. The molecule has 0 aliphatic rings. The van der Waals surface area contributed by atoms with Crippen LogP contribution >= 0.6 is 11.3 Å². The number of rotatable bonds is 10. The summed E-state index contributed by atoms with van der Waals surface area (Å²) in [4.78, 5) is 17.8. The first kappa shape index (κ1) is 26.1. The highest BCUT2D eigenvalue weighted by Crippen LogP contribution is 2.37. The van der Waals surface area contributed by atoms with Crippen molar-refractivity contribution in [1.82, 2.24) is 4.98 Å². The molecule has 0 bridgehead atoms. The van der Waals surface area contributed by atoms with E-state index in [1.54, 1.807) is 0 Å². The minimum absolute atomic E-state index is 0.0741. The fourth-order valence-corrected chi connectivity index (χ4v) is 10.1. The first-order chi connectivity index (χ1) is 16.2. The molecule has 2 aromatic carbocycles. The average molecular weight is 497 g/mol. The van der Waals surface area contributed by atoms with Crippen LogP contribution in [0.4, 0.5) is 5.13 Å². The Morgan fingerprint density at radius 3 is 2.09 bits per heavy atom. The Hall–Kier alpha value is -2.48. The molecule has 1 atom stereocenters. The standard InChI is InChI=1S/C27H36N2O3SSi/c1-7-31-25(30)24-23(33-26(28-6)29-24)18-20(2)19-32-34(27(3,4)5,21-14-10-8-11-15-21)22-16-12-9-13-17-22/h8-17,20H,7,18-19H2,1-6H3,(H,28,29)/t20-/m0/s1. The first-order valence-corrected chi connectivity index (χ1v) is 14.5. The minimum Gasteiger partial charge on any atom is -0.461 e. The van der Waals surface area contributed by atoms with Crippen molar-refractivity contribution >= 4 is 41.1 Å². The van der Waals surface area contributed by atoms with E-state index in [2.05, 4.69) is 98.7 Å². The van der Waals surface area contributed by atoms with E-state index in [4.69, 9.17) is 9.16 Å². The van der Waals surface area contributed by atoms with E-state index in [9.17, 15) is 4.79 Å². The number of nitrogens with one attached hydrogen (secondary N) is 1. The Balaban J connectivity index is 1.91. The molecule has 3 rings (SSSR count). The maximum Gasteiger partial charge on any atom is 0.358 e. The second-order valence-electron chi connectivity index (χ2n) is 9.54. The Kier molecular flexibility index (Phi) is 8.68. The summed E-state index contributed by atoms with van der Waals surface area (Å²) in [5.74, 6) is -0.171. The molecule has 182 valence electrons. The maximum absolute atomic E-state index is 12.5. The van der Waals surface area contributed by atoms with Gasteiger partial charge in [-0.2, -0.15) is 0 Å². The predicted octanol–water partition coefficient (Wildman–Crippen LogP) is 5.12. The van der Waals surface area contributed by atoms with Crippen LogP contribution in [-0.4, -0.2) is 39.5 Å². The molecule has 0 saturated heterocycles. The van der Waals surface area contributed by atoms with Crippen LogP contribution in [0.1, 0.15) is 50.0 Å². The van der Waals surface area contributed by atoms with E-state index >= 15 is 0 Å². The Morgan fingerprint density at radius 2 is 1.62 bits per heavy atom. The Morgan fingerprint density at radius 1 is 1.06 bits per heavy atom. The van der Waals surface area contributed by atoms with E-state index in [1.165, 1.54) is 21.7 Å². The summed E-state index contributed by atoms with van der Waals surface area (Å²) < 4.78 is 12.3. The van der Waals surface area contributed by atoms with Gasteiger partial charge < -0.3 is 14.5 Å². The van der Waals surface area contributed by atoms with E-state index < -0.39 is 8.32 Å². The van der Waals surface area contributed by atoms with Gasteiger partial charge in [0.1, 0.15) is 0 Å². The largest absolute Gasteiger partial charge is 0.461 e. The van der Waals surface area contributed by atoms with Crippen LogP contribution in [0.15, 0.2) is 60.7 Å². The third-order valence-corrected chi connectivity index (χ3v) is 12.0. The van der Waals surface area contributed by atoms with Gasteiger partial charge in [-0.3, -0.25) is 0 Å². The van der Waals surface area contributed by atoms with Crippen molar-refractivity contribution in [2.45, 2.75) is 46.1 Å². The molecule has 1 heterocycles. The molecule has 1 N–H and O–H groups in total. The maximum atomic E-state index is 12.5. The molecular weight excluding hydrogens is 460 g/mol. The summed E-state index contributed by atoms with van der Waals surface area (Å²) in [7, 11) is -0.783. The zero-order chi connectivity index (χ0) is 24.8.